The Morgan fingerprint density at radius 3 is 3.07 bits per heavy atom. The molecule has 0 aliphatic heterocycles. The van der Waals surface area contributed by atoms with Crippen molar-refractivity contribution in [2.24, 2.45) is 5.73 Å². The number of halogens is 1. The highest BCUT2D eigenvalue weighted by molar-refractivity contribution is 6.31. The van der Waals surface area contributed by atoms with Crippen LogP contribution in [-0.2, 0) is 11.3 Å². The van der Waals surface area contributed by atoms with Crippen LogP contribution in [0, 0.1) is 0 Å². The first-order chi connectivity index (χ1) is 6.70. The van der Waals surface area contributed by atoms with E-state index < -0.39 is 6.10 Å². The topological polar surface area (TPSA) is 73.3 Å². The van der Waals surface area contributed by atoms with Gasteiger partial charge < -0.3 is 15.6 Å². The van der Waals surface area contributed by atoms with Gasteiger partial charge in [-0.25, -0.2) is 0 Å². The molecule has 0 aliphatic carbocycles. The van der Waals surface area contributed by atoms with Crippen LogP contribution in [0.4, 0.5) is 0 Å². The minimum Gasteiger partial charge on any atom is -0.385 e. The molecule has 1 aromatic rings. The molecule has 0 radical (unpaired) electrons. The maximum absolute atomic E-state index is 9.57. The molecule has 80 valence electrons. The van der Waals surface area contributed by atoms with Gasteiger partial charge >= 0.3 is 0 Å². The summed E-state index contributed by atoms with van der Waals surface area (Å²) in [5.74, 6) is 0. The second-order valence-corrected chi connectivity index (χ2v) is 3.25. The van der Waals surface area contributed by atoms with E-state index >= 15 is 0 Å². The lowest BCUT2D eigenvalue weighted by Gasteiger charge is -2.11. The minimum atomic E-state index is -0.776. The summed E-state index contributed by atoms with van der Waals surface area (Å²) in [5.41, 5.74) is 5.90. The van der Waals surface area contributed by atoms with Crippen LogP contribution < -0.4 is 5.73 Å². The van der Waals surface area contributed by atoms with Crippen molar-refractivity contribution in [3.8, 4) is 0 Å². The fourth-order valence-corrected chi connectivity index (χ4v) is 1.44. The molecule has 1 unspecified atom stereocenters. The van der Waals surface area contributed by atoms with E-state index in [9.17, 15) is 5.11 Å². The third kappa shape index (κ3) is 2.45. The molecule has 5 nitrogen and oxygen atoms in total. The first kappa shape index (κ1) is 11.5. The van der Waals surface area contributed by atoms with Gasteiger partial charge in [-0.15, -0.1) is 0 Å². The molecule has 0 aliphatic rings. The highest BCUT2D eigenvalue weighted by Gasteiger charge is 2.16. The number of rotatable bonds is 5. The lowest BCUT2D eigenvalue weighted by Crippen LogP contribution is -2.18. The second kappa shape index (κ2) is 5.31. The van der Waals surface area contributed by atoms with Gasteiger partial charge in [0.15, 0.2) is 0 Å². The zero-order chi connectivity index (χ0) is 10.6. The molecule has 0 aromatic carbocycles. The molecule has 1 aromatic heterocycles. The van der Waals surface area contributed by atoms with E-state index in [2.05, 4.69) is 5.10 Å². The van der Waals surface area contributed by atoms with Crippen molar-refractivity contribution in [3.63, 3.8) is 0 Å². The van der Waals surface area contributed by atoms with Crippen molar-refractivity contribution in [2.75, 3.05) is 20.3 Å². The SMILES string of the molecule is COCCn1ncc(Cl)c1C(O)CN. The van der Waals surface area contributed by atoms with Crippen molar-refractivity contribution in [3.05, 3.63) is 16.9 Å². The summed E-state index contributed by atoms with van der Waals surface area (Å²) < 4.78 is 6.51. The summed E-state index contributed by atoms with van der Waals surface area (Å²) in [6.45, 7) is 1.19. The number of aromatic nitrogens is 2. The zero-order valence-corrected chi connectivity index (χ0v) is 8.74. The van der Waals surface area contributed by atoms with Crippen LogP contribution in [0.15, 0.2) is 6.20 Å². The van der Waals surface area contributed by atoms with Gasteiger partial charge in [0, 0.05) is 13.7 Å². The Balaban J connectivity index is 2.82. The molecular formula is C8H14ClN3O2. The zero-order valence-electron chi connectivity index (χ0n) is 7.98. The van der Waals surface area contributed by atoms with Crippen molar-refractivity contribution >= 4 is 11.6 Å². The highest BCUT2D eigenvalue weighted by Crippen LogP contribution is 2.21. The standard InChI is InChI=1S/C8H14ClN3O2/c1-14-3-2-12-8(7(13)4-10)6(9)5-11-12/h5,7,13H,2-4,10H2,1H3. The Kier molecular flexibility index (Phi) is 4.34. The quantitative estimate of drug-likeness (QED) is 0.741. The molecule has 0 fully saturated rings. The van der Waals surface area contributed by atoms with Gasteiger partial charge in [-0.1, -0.05) is 11.6 Å². The molecule has 3 N–H and O–H groups in total. The molecular weight excluding hydrogens is 206 g/mol. The predicted molar refractivity (Wildman–Crippen MR) is 53.1 cm³/mol. The fraction of sp³-hybridized carbons (Fsp3) is 0.625. The molecule has 1 atom stereocenters. The number of aliphatic hydroxyl groups excluding tert-OH is 1. The normalized spacial score (nSPS) is 13.1. The summed E-state index contributed by atoms with van der Waals surface area (Å²) in [6.07, 6.45) is 0.715. The van der Waals surface area contributed by atoms with E-state index in [1.54, 1.807) is 11.8 Å². The molecule has 0 amide bonds. The van der Waals surface area contributed by atoms with Gasteiger partial charge in [0.1, 0.15) is 6.10 Å². The highest BCUT2D eigenvalue weighted by atomic mass is 35.5. The van der Waals surface area contributed by atoms with Gasteiger partial charge in [-0.05, 0) is 0 Å². The Morgan fingerprint density at radius 2 is 2.50 bits per heavy atom. The molecule has 14 heavy (non-hydrogen) atoms. The molecule has 6 heteroatoms. The summed E-state index contributed by atoms with van der Waals surface area (Å²) >= 11 is 5.86. The number of aliphatic hydroxyl groups is 1. The number of nitrogens with two attached hydrogens (primary N) is 1. The summed E-state index contributed by atoms with van der Waals surface area (Å²) in [4.78, 5) is 0. The Bertz CT molecular complexity index is 290. The molecule has 0 saturated carbocycles. The van der Waals surface area contributed by atoms with Gasteiger partial charge in [-0.2, -0.15) is 5.10 Å². The first-order valence-electron chi connectivity index (χ1n) is 4.29. The lowest BCUT2D eigenvalue weighted by molar-refractivity contribution is 0.158. The van der Waals surface area contributed by atoms with E-state index in [1.807, 2.05) is 0 Å². The first-order valence-corrected chi connectivity index (χ1v) is 4.66. The van der Waals surface area contributed by atoms with Crippen molar-refractivity contribution in [1.29, 1.82) is 0 Å². The number of hydrogen-bond donors (Lipinski definition) is 2. The third-order valence-electron chi connectivity index (χ3n) is 1.88. The Labute approximate surface area is 87.4 Å². The summed E-state index contributed by atoms with van der Waals surface area (Å²) in [7, 11) is 1.60. The van der Waals surface area contributed by atoms with Gasteiger partial charge in [-0.3, -0.25) is 4.68 Å². The average molecular weight is 220 g/mol. The third-order valence-corrected chi connectivity index (χ3v) is 2.17. The number of nitrogens with zero attached hydrogens (tertiary/aromatic N) is 2. The fourth-order valence-electron chi connectivity index (χ4n) is 1.17. The van der Waals surface area contributed by atoms with Crippen LogP contribution in [0.3, 0.4) is 0 Å². The molecule has 0 saturated heterocycles. The van der Waals surface area contributed by atoms with E-state index in [-0.39, 0.29) is 6.54 Å². The monoisotopic (exact) mass is 219 g/mol. The van der Waals surface area contributed by atoms with Crippen LogP contribution >= 0.6 is 11.6 Å². The molecule has 0 bridgehead atoms. The van der Waals surface area contributed by atoms with Crippen LogP contribution in [0.1, 0.15) is 11.8 Å². The number of hydrogen-bond acceptors (Lipinski definition) is 4. The van der Waals surface area contributed by atoms with Crippen molar-refractivity contribution in [2.45, 2.75) is 12.6 Å². The average Bonchev–Trinajstić information content (AvgIpc) is 2.55. The van der Waals surface area contributed by atoms with Crippen LogP contribution in [0.5, 0.6) is 0 Å². The minimum absolute atomic E-state index is 0.123. The molecule has 1 heterocycles. The Hall–Kier alpha value is -0.620. The van der Waals surface area contributed by atoms with Gasteiger partial charge in [0.25, 0.3) is 0 Å². The largest absolute Gasteiger partial charge is 0.385 e. The van der Waals surface area contributed by atoms with Gasteiger partial charge in [0.05, 0.1) is 30.1 Å². The molecule has 1 rings (SSSR count). The summed E-state index contributed by atoms with van der Waals surface area (Å²) in [6, 6.07) is 0. The van der Waals surface area contributed by atoms with Crippen molar-refractivity contribution < 1.29 is 9.84 Å². The predicted octanol–water partition coefficient (Wildman–Crippen LogP) is 0.175. The van der Waals surface area contributed by atoms with Crippen LogP contribution in [-0.4, -0.2) is 35.1 Å². The lowest BCUT2D eigenvalue weighted by atomic mass is 10.2. The number of methoxy groups -OCH3 is 1. The van der Waals surface area contributed by atoms with E-state index in [0.717, 1.165) is 0 Å². The van der Waals surface area contributed by atoms with E-state index in [4.69, 9.17) is 22.1 Å². The van der Waals surface area contributed by atoms with Crippen LogP contribution in [0.25, 0.3) is 0 Å². The summed E-state index contributed by atoms with van der Waals surface area (Å²) in [5, 5.41) is 14.0. The molecule has 0 spiro atoms. The van der Waals surface area contributed by atoms with Crippen molar-refractivity contribution in [1.82, 2.24) is 9.78 Å². The van der Waals surface area contributed by atoms with E-state index in [1.165, 1.54) is 6.20 Å². The maximum Gasteiger partial charge on any atom is 0.109 e. The Morgan fingerprint density at radius 1 is 1.79 bits per heavy atom. The van der Waals surface area contributed by atoms with Crippen LogP contribution in [0.2, 0.25) is 5.02 Å². The van der Waals surface area contributed by atoms with E-state index in [0.29, 0.717) is 23.9 Å². The van der Waals surface area contributed by atoms with Gasteiger partial charge in [0.2, 0.25) is 0 Å². The number of ether oxygens (including phenoxy) is 1. The second-order valence-electron chi connectivity index (χ2n) is 2.85. The maximum atomic E-state index is 9.57. The smallest absolute Gasteiger partial charge is 0.109 e.